The van der Waals surface area contributed by atoms with Crippen molar-refractivity contribution in [2.45, 2.75) is 63.7 Å². The van der Waals surface area contributed by atoms with Gasteiger partial charge in [0.1, 0.15) is 23.3 Å². The van der Waals surface area contributed by atoms with Gasteiger partial charge in [-0.25, -0.2) is 18.3 Å². The first-order valence-corrected chi connectivity index (χ1v) is 12.0. The van der Waals surface area contributed by atoms with Gasteiger partial charge in [-0.3, -0.25) is 4.79 Å². The Labute approximate surface area is 191 Å². The number of hydrogen-bond donors (Lipinski definition) is 1. The highest BCUT2D eigenvalue weighted by Crippen LogP contribution is 2.38. The summed E-state index contributed by atoms with van der Waals surface area (Å²) in [6.07, 6.45) is 7.74. The number of imidazole rings is 1. The first-order valence-electron chi connectivity index (χ1n) is 12.0. The number of benzene rings is 1. The summed E-state index contributed by atoms with van der Waals surface area (Å²) in [5, 5.41) is 4.88. The lowest BCUT2D eigenvalue weighted by Crippen LogP contribution is -2.24. The van der Waals surface area contributed by atoms with E-state index in [1.165, 1.54) is 6.07 Å². The van der Waals surface area contributed by atoms with Crippen molar-refractivity contribution >= 4 is 5.52 Å². The van der Waals surface area contributed by atoms with E-state index in [0.29, 0.717) is 42.5 Å². The summed E-state index contributed by atoms with van der Waals surface area (Å²) < 4.78 is 34.7. The monoisotopic (exact) mass is 456 g/mol. The molecule has 0 radical (unpaired) electrons. The largest absolute Gasteiger partial charge is 0.381 e. The molecule has 1 saturated heterocycles. The van der Waals surface area contributed by atoms with Crippen molar-refractivity contribution in [3.8, 4) is 0 Å². The topological polar surface area (TPSA) is 72.3 Å². The lowest BCUT2D eigenvalue weighted by atomic mass is 9.84. The van der Waals surface area contributed by atoms with Gasteiger partial charge in [0.05, 0.1) is 6.20 Å². The van der Waals surface area contributed by atoms with Crippen LogP contribution in [-0.4, -0.2) is 32.8 Å². The second-order valence-electron chi connectivity index (χ2n) is 9.70. The fourth-order valence-electron chi connectivity index (χ4n) is 5.64. The number of hydrogen-bond acceptors (Lipinski definition) is 4. The molecule has 176 valence electrons. The number of aromatic nitrogens is 4. The maximum Gasteiger partial charge on any atom is 0.276 e. The lowest BCUT2D eigenvalue weighted by molar-refractivity contribution is 0.0832. The van der Waals surface area contributed by atoms with E-state index in [2.05, 4.69) is 16.9 Å². The third-order valence-corrected chi connectivity index (χ3v) is 7.43. The lowest BCUT2D eigenvalue weighted by Gasteiger charge is -2.23. The summed E-state index contributed by atoms with van der Waals surface area (Å²) in [4.78, 5) is 20.4. The summed E-state index contributed by atoms with van der Waals surface area (Å²) in [6.45, 7) is 3.58. The van der Waals surface area contributed by atoms with E-state index in [1.807, 2.05) is 0 Å². The van der Waals surface area contributed by atoms with Crippen LogP contribution in [0.4, 0.5) is 8.78 Å². The Morgan fingerprint density at radius 3 is 2.79 bits per heavy atom. The van der Waals surface area contributed by atoms with Crippen molar-refractivity contribution in [2.24, 2.45) is 11.8 Å². The summed E-state index contributed by atoms with van der Waals surface area (Å²) in [5.74, 6) is 1.48. The van der Waals surface area contributed by atoms with Crippen LogP contribution in [0.5, 0.6) is 0 Å². The molecule has 1 aromatic carbocycles. The molecule has 0 bridgehead atoms. The second kappa shape index (κ2) is 9.33. The van der Waals surface area contributed by atoms with Crippen LogP contribution in [0.3, 0.4) is 0 Å². The van der Waals surface area contributed by atoms with Crippen molar-refractivity contribution < 1.29 is 13.5 Å². The molecule has 1 saturated carbocycles. The molecule has 2 aromatic heterocycles. The maximum atomic E-state index is 14.2. The molecule has 3 atom stereocenters. The standard InChI is InChI=1S/C25H30F2N4O2/c1-15-11-16(12-18-5-6-19(26)13-21(18)27)3-2-4-20(15)23-29-25(32)22-14-28-24(31(22)30-23)17-7-9-33-10-8-17/h5-6,13-17,20H,2-4,7-12H2,1H3,(H,29,30,32). The van der Waals surface area contributed by atoms with E-state index in [4.69, 9.17) is 9.84 Å². The molecule has 1 aliphatic carbocycles. The third kappa shape index (κ3) is 4.58. The van der Waals surface area contributed by atoms with Gasteiger partial charge in [0.2, 0.25) is 0 Å². The average Bonchev–Trinajstić information content (AvgIpc) is 3.14. The zero-order chi connectivity index (χ0) is 22.9. The number of H-pyrrole nitrogens is 1. The molecule has 2 fully saturated rings. The molecule has 0 spiro atoms. The zero-order valence-corrected chi connectivity index (χ0v) is 18.9. The summed E-state index contributed by atoms with van der Waals surface area (Å²) >= 11 is 0. The molecule has 6 nitrogen and oxygen atoms in total. The Balaban J connectivity index is 1.38. The first kappa shape index (κ1) is 22.2. The fourth-order valence-corrected chi connectivity index (χ4v) is 5.64. The van der Waals surface area contributed by atoms with Gasteiger partial charge < -0.3 is 9.72 Å². The Bertz CT molecular complexity index is 1180. The van der Waals surface area contributed by atoms with Crippen molar-refractivity contribution in [3.05, 3.63) is 63.6 Å². The molecule has 1 N–H and O–H groups in total. The molecule has 3 heterocycles. The number of halogens is 2. The Morgan fingerprint density at radius 1 is 1.18 bits per heavy atom. The van der Waals surface area contributed by atoms with Crippen LogP contribution in [-0.2, 0) is 11.2 Å². The van der Waals surface area contributed by atoms with Gasteiger partial charge in [-0.2, -0.15) is 5.10 Å². The number of rotatable bonds is 4. The summed E-state index contributed by atoms with van der Waals surface area (Å²) in [5.41, 5.74) is 0.887. The van der Waals surface area contributed by atoms with E-state index in [1.54, 1.807) is 16.8 Å². The molecule has 3 aromatic rings. The zero-order valence-electron chi connectivity index (χ0n) is 18.9. The Hall–Kier alpha value is -2.61. The molecule has 0 amide bonds. The maximum absolute atomic E-state index is 14.2. The molecule has 3 unspecified atom stereocenters. The van der Waals surface area contributed by atoms with Crippen LogP contribution in [0, 0.1) is 23.5 Å². The predicted octanol–water partition coefficient (Wildman–Crippen LogP) is 4.74. The third-order valence-electron chi connectivity index (χ3n) is 7.43. The highest BCUT2D eigenvalue weighted by Gasteiger charge is 2.30. The number of ether oxygens (including phenoxy) is 1. The fraction of sp³-hybridized carbons (Fsp3) is 0.560. The smallest absolute Gasteiger partial charge is 0.276 e. The second-order valence-corrected chi connectivity index (χ2v) is 9.70. The van der Waals surface area contributed by atoms with Crippen LogP contribution in [0.2, 0.25) is 0 Å². The predicted molar refractivity (Wildman–Crippen MR) is 120 cm³/mol. The van der Waals surface area contributed by atoms with Crippen LogP contribution in [0.15, 0.2) is 29.2 Å². The molecule has 2 aliphatic rings. The molecule has 1 aliphatic heterocycles. The highest BCUT2D eigenvalue weighted by molar-refractivity contribution is 5.42. The Kier molecular flexibility index (Phi) is 6.27. The van der Waals surface area contributed by atoms with Crippen LogP contribution in [0.25, 0.3) is 5.52 Å². The number of nitrogens with zero attached hydrogens (tertiary/aromatic N) is 3. The van der Waals surface area contributed by atoms with Gasteiger partial charge in [0, 0.05) is 31.1 Å². The minimum absolute atomic E-state index is 0.120. The summed E-state index contributed by atoms with van der Waals surface area (Å²) in [6, 6.07) is 3.84. The number of fused-ring (bicyclic) bond motifs is 1. The SMILES string of the molecule is CC1CC(Cc2ccc(F)cc2F)CCCC1c1nn2c(C3CCOCC3)ncc2c(=O)[nH]1. The average molecular weight is 457 g/mol. The molecular formula is C25H30F2N4O2. The van der Waals surface area contributed by atoms with Crippen LogP contribution >= 0.6 is 0 Å². The van der Waals surface area contributed by atoms with Crippen molar-refractivity contribution in [2.75, 3.05) is 13.2 Å². The van der Waals surface area contributed by atoms with E-state index in [0.717, 1.165) is 50.4 Å². The highest BCUT2D eigenvalue weighted by atomic mass is 19.1. The van der Waals surface area contributed by atoms with Crippen molar-refractivity contribution in [1.29, 1.82) is 0 Å². The van der Waals surface area contributed by atoms with E-state index in [-0.39, 0.29) is 23.3 Å². The minimum atomic E-state index is -0.546. The quantitative estimate of drug-likeness (QED) is 0.576. The van der Waals surface area contributed by atoms with Crippen LogP contribution < -0.4 is 5.56 Å². The van der Waals surface area contributed by atoms with Crippen molar-refractivity contribution in [1.82, 2.24) is 19.6 Å². The molecular weight excluding hydrogens is 426 g/mol. The normalized spacial score (nSPS) is 24.8. The van der Waals surface area contributed by atoms with Gasteiger partial charge in [-0.05, 0) is 55.6 Å². The number of nitrogens with one attached hydrogen (secondary N) is 1. The van der Waals surface area contributed by atoms with Gasteiger partial charge in [-0.1, -0.05) is 25.8 Å². The van der Waals surface area contributed by atoms with Gasteiger partial charge in [0.15, 0.2) is 5.52 Å². The molecule has 5 rings (SSSR count). The summed E-state index contributed by atoms with van der Waals surface area (Å²) in [7, 11) is 0. The van der Waals surface area contributed by atoms with E-state index < -0.39 is 11.6 Å². The van der Waals surface area contributed by atoms with Gasteiger partial charge in [0.25, 0.3) is 5.56 Å². The molecule has 8 heteroatoms. The van der Waals surface area contributed by atoms with Gasteiger partial charge in [-0.15, -0.1) is 0 Å². The number of aromatic amines is 1. The first-order chi connectivity index (χ1) is 16.0. The Morgan fingerprint density at radius 2 is 2.00 bits per heavy atom. The van der Waals surface area contributed by atoms with Gasteiger partial charge >= 0.3 is 0 Å². The van der Waals surface area contributed by atoms with Crippen LogP contribution in [0.1, 0.15) is 74.5 Å². The minimum Gasteiger partial charge on any atom is -0.381 e. The van der Waals surface area contributed by atoms with Crippen molar-refractivity contribution in [3.63, 3.8) is 0 Å². The molecule has 33 heavy (non-hydrogen) atoms. The van der Waals surface area contributed by atoms with E-state index in [9.17, 15) is 13.6 Å². The van der Waals surface area contributed by atoms with E-state index >= 15 is 0 Å².